The van der Waals surface area contributed by atoms with Crippen LogP contribution in [-0.2, 0) is 17.4 Å². The number of halogens is 3. The second-order valence-corrected chi connectivity index (χ2v) is 5.60. The number of alkyl halides is 3. The first kappa shape index (κ1) is 15.5. The fourth-order valence-corrected chi connectivity index (χ4v) is 2.91. The zero-order valence-electron chi connectivity index (χ0n) is 12.1. The van der Waals surface area contributed by atoms with Gasteiger partial charge in [0.1, 0.15) is 0 Å². The van der Waals surface area contributed by atoms with Gasteiger partial charge in [0.25, 0.3) is 0 Å². The van der Waals surface area contributed by atoms with Gasteiger partial charge in [0, 0.05) is 5.56 Å². The van der Waals surface area contributed by atoms with Crippen LogP contribution in [0.5, 0.6) is 0 Å². The molecule has 3 rings (SSSR count). The van der Waals surface area contributed by atoms with Crippen LogP contribution in [0, 0.1) is 0 Å². The smallest absolute Gasteiger partial charge is 0.416 e. The molecule has 0 spiro atoms. The molecule has 0 bridgehead atoms. The standard InChI is InChI=1S/C17H14F3NO2/c18-17(19,20)12-5-1-4-11(9-12)14-8-7-10-3-2-6-13(16(22)23)15(10)21-14/h1,4-5,7-9,13H,2-3,6H2,(H,22,23). The summed E-state index contributed by atoms with van der Waals surface area (Å²) in [7, 11) is 0. The minimum absolute atomic E-state index is 0.331. The number of carbonyl (C=O) groups is 1. The maximum absolute atomic E-state index is 12.8. The van der Waals surface area contributed by atoms with E-state index in [1.165, 1.54) is 6.07 Å². The van der Waals surface area contributed by atoms with E-state index in [1.54, 1.807) is 18.2 Å². The van der Waals surface area contributed by atoms with Crippen LogP contribution in [0.25, 0.3) is 11.3 Å². The van der Waals surface area contributed by atoms with E-state index in [1.807, 2.05) is 0 Å². The predicted octanol–water partition coefficient (Wildman–Crippen LogP) is 4.27. The lowest BCUT2D eigenvalue weighted by Crippen LogP contribution is -2.19. The van der Waals surface area contributed by atoms with Crippen molar-refractivity contribution >= 4 is 5.97 Å². The van der Waals surface area contributed by atoms with Crippen LogP contribution in [-0.4, -0.2) is 16.1 Å². The van der Waals surface area contributed by atoms with E-state index in [-0.39, 0.29) is 0 Å². The third kappa shape index (κ3) is 3.06. The van der Waals surface area contributed by atoms with Crippen LogP contribution in [0.4, 0.5) is 13.2 Å². The molecule has 0 fully saturated rings. The van der Waals surface area contributed by atoms with Gasteiger partial charge in [0.05, 0.1) is 22.9 Å². The molecule has 0 aliphatic heterocycles. The number of benzene rings is 1. The van der Waals surface area contributed by atoms with E-state index < -0.39 is 23.6 Å². The highest BCUT2D eigenvalue weighted by Gasteiger charge is 2.31. The Morgan fingerprint density at radius 1 is 1.22 bits per heavy atom. The number of rotatable bonds is 2. The van der Waals surface area contributed by atoms with Gasteiger partial charge in [-0.3, -0.25) is 9.78 Å². The minimum Gasteiger partial charge on any atom is -0.481 e. The average molecular weight is 321 g/mol. The number of aromatic nitrogens is 1. The predicted molar refractivity (Wildman–Crippen MR) is 78.0 cm³/mol. The summed E-state index contributed by atoms with van der Waals surface area (Å²) < 4.78 is 38.5. The molecule has 1 aromatic heterocycles. The van der Waals surface area contributed by atoms with Crippen molar-refractivity contribution in [3.63, 3.8) is 0 Å². The fraction of sp³-hybridized carbons (Fsp3) is 0.294. The van der Waals surface area contributed by atoms with Gasteiger partial charge in [-0.1, -0.05) is 18.2 Å². The maximum Gasteiger partial charge on any atom is 0.416 e. The lowest BCUT2D eigenvalue weighted by molar-refractivity contribution is -0.139. The van der Waals surface area contributed by atoms with Crippen LogP contribution in [0.1, 0.15) is 35.6 Å². The Balaban J connectivity index is 2.05. The summed E-state index contributed by atoms with van der Waals surface area (Å²) in [5.41, 5.74) is 1.28. The molecule has 6 heteroatoms. The Labute approximate surface area is 130 Å². The van der Waals surface area contributed by atoms with E-state index in [0.717, 1.165) is 30.5 Å². The van der Waals surface area contributed by atoms with E-state index >= 15 is 0 Å². The first-order chi connectivity index (χ1) is 10.9. The normalized spacial score (nSPS) is 17.6. The molecule has 0 saturated carbocycles. The highest BCUT2D eigenvalue weighted by atomic mass is 19.4. The highest BCUT2D eigenvalue weighted by Crippen LogP contribution is 2.34. The number of fused-ring (bicyclic) bond motifs is 1. The van der Waals surface area contributed by atoms with Gasteiger partial charge in [-0.05, 0) is 43.0 Å². The van der Waals surface area contributed by atoms with Crippen LogP contribution < -0.4 is 0 Å². The summed E-state index contributed by atoms with van der Waals surface area (Å²) in [6, 6.07) is 8.33. The summed E-state index contributed by atoms with van der Waals surface area (Å²) in [4.78, 5) is 15.7. The van der Waals surface area contributed by atoms with Gasteiger partial charge < -0.3 is 5.11 Å². The van der Waals surface area contributed by atoms with E-state index in [0.29, 0.717) is 23.4 Å². The SMILES string of the molecule is O=C(O)C1CCCc2ccc(-c3cccc(C(F)(F)F)c3)nc21. The van der Waals surface area contributed by atoms with E-state index in [9.17, 15) is 23.1 Å². The first-order valence-electron chi connectivity index (χ1n) is 7.26. The number of pyridine rings is 1. The van der Waals surface area contributed by atoms with Crippen LogP contribution in [0.15, 0.2) is 36.4 Å². The van der Waals surface area contributed by atoms with E-state index in [4.69, 9.17) is 0 Å². The second kappa shape index (κ2) is 5.68. The van der Waals surface area contributed by atoms with Crippen LogP contribution in [0.3, 0.4) is 0 Å². The molecule has 23 heavy (non-hydrogen) atoms. The Kier molecular flexibility index (Phi) is 3.83. The Hall–Kier alpha value is -2.37. The number of aliphatic carboxylic acids is 1. The van der Waals surface area contributed by atoms with Crippen molar-refractivity contribution in [2.45, 2.75) is 31.4 Å². The molecule has 0 amide bonds. The van der Waals surface area contributed by atoms with Crippen molar-refractivity contribution in [2.75, 3.05) is 0 Å². The number of carboxylic acids is 1. The molecule has 1 unspecified atom stereocenters. The van der Waals surface area contributed by atoms with Gasteiger partial charge in [-0.25, -0.2) is 0 Å². The zero-order chi connectivity index (χ0) is 16.6. The number of hydrogen-bond acceptors (Lipinski definition) is 2. The highest BCUT2D eigenvalue weighted by molar-refractivity contribution is 5.77. The van der Waals surface area contributed by atoms with Crippen molar-refractivity contribution < 1.29 is 23.1 Å². The average Bonchev–Trinajstić information content (AvgIpc) is 2.53. The molecule has 3 nitrogen and oxygen atoms in total. The molecule has 1 atom stereocenters. The van der Waals surface area contributed by atoms with Gasteiger partial charge in [0.2, 0.25) is 0 Å². The third-order valence-corrected chi connectivity index (χ3v) is 4.07. The molecule has 0 radical (unpaired) electrons. The lowest BCUT2D eigenvalue weighted by atomic mass is 9.86. The van der Waals surface area contributed by atoms with Gasteiger partial charge in [0.15, 0.2) is 0 Å². The second-order valence-electron chi connectivity index (χ2n) is 5.60. The fourth-order valence-electron chi connectivity index (χ4n) is 2.91. The molecule has 1 heterocycles. The summed E-state index contributed by atoms with van der Waals surface area (Å²) in [6.07, 6.45) is -2.40. The van der Waals surface area contributed by atoms with E-state index in [2.05, 4.69) is 4.98 Å². The molecule has 120 valence electrons. The van der Waals surface area contributed by atoms with Gasteiger partial charge >= 0.3 is 12.1 Å². The molecular weight excluding hydrogens is 307 g/mol. The lowest BCUT2D eigenvalue weighted by Gasteiger charge is -2.22. The quantitative estimate of drug-likeness (QED) is 0.898. The molecule has 1 aliphatic rings. The molecule has 1 N–H and O–H groups in total. The Bertz CT molecular complexity index is 756. The monoisotopic (exact) mass is 321 g/mol. The molecular formula is C17H14F3NO2. The summed E-state index contributed by atoms with van der Waals surface area (Å²) in [6.45, 7) is 0. The van der Waals surface area contributed by atoms with Gasteiger partial charge in [-0.2, -0.15) is 13.2 Å². The molecule has 1 aliphatic carbocycles. The van der Waals surface area contributed by atoms with Crippen LogP contribution >= 0.6 is 0 Å². The first-order valence-corrected chi connectivity index (χ1v) is 7.26. The largest absolute Gasteiger partial charge is 0.481 e. The number of carboxylic acid groups (broad SMARTS) is 1. The minimum atomic E-state index is -4.42. The zero-order valence-corrected chi connectivity index (χ0v) is 12.1. The molecule has 2 aromatic rings. The maximum atomic E-state index is 12.8. The molecule has 0 saturated heterocycles. The van der Waals surface area contributed by atoms with Crippen molar-refractivity contribution in [1.29, 1.82) is 0 Å². The van der Waals surface area contributed by atoms with Crippen molar-refractivity contribution in [3.8, 4) is 11.3 Å². The number of nitrogens with zero attached hydrogens (tertiary/aromatic N) is 1. The number of hydrogen-bond donors (Lipinski definition) is 1. The Morgan fingerprint density at radius 3 is 2.70 bits per heavy atom. The summed E-state index contributed by atoms with van der Waals surface area (Å²) >= 11 is 0. The summed E-state index contributed by atoms with van der Waals surface area (Å²) in [5.74, 6) is -1.64. The van der Waals surface area contributed by atoms with Gasteiger partial charge in [-0.15, -0.1) is 0 Å². The third-order valence-electron chi connectivity index (χ3n) is 4.07. The molecule has 1 aromatic carbocycles. The van der Waals surface area contributed by atoms with Crippen LogP contribution in [0.2, 0.25) is 0 Å². The topological polar surface area (TPSA) is 50.2 Å². The Morgan fingerprint density at radius 2 is 2.00 bits per heavy atom. The number of aryl methyl sites for hydroxylation is 1. The van der Waals surface area contributed by atoms with Crippen molar-refractivity contribution in [3.05, 3.63) is 53.2 Å². The van der Waals surface area contributed by atoms with Crippen molar-refractivity contribution in [2.24, 2.45) is 0 Å². The van der Waals surface area contributed by atoms with Crippen molar-refractivity contribution in [1.82, 2.24) is 4.98 Å². The summed E-state index contributed by atoms with van der Waals surface area (Å²) in [5, 5.41) is 9.31.